The van der Waals surface area contributed by atoms with Crippen LogP contribution in [0.3, 0.4) is 0 Å². The van der Waals surface area contributed by atoms with E-state index in [9.17, 15) is 0 Å². The summed E-state index contributed by atoms with van der Waals surface area (Å²) in [6.45, 7) is 7.04. The molecule has 0 bridgehead atoms. The standard InChI is InChI=1S/C6H18P2/c1-4-8(5-2)6(3)7/h6H,4-5H2,1-3H3,7H4. The Balaban J connectivity index is 3.35. The molecule has 2 heteroatoms. The molecule has 0 N–H and O–H groups in total. The van der Waals surface area contributed by atoms with E-state index >= 15 is 0 Å². The van der Waals surface area contributed by atoms with Crippen molar-refractivity contribution in [1.82, 2.24) is 0 Å². The van der Waals surface area contributed by atoms with Gasteiger partial charge in [0.1, 0.15) is 0 Å². The minimum atomic E-state index is 0.447. The van der Waals surface area contributed by atoms with Crippen molar-refractivity contribution in [3.05, 3.63) is 0 Å². The van der Waals surface area contributed by atoms with Crippen LogP contribution in [0.1, 0.15) is 20.8 Å². The molecule has 0 heterocycles. The van der Waals surface area contributed by atoms with Crippen LogP contribution < -0.4 is 0 Å². The van der Waals surface area contributed by atoms with Crippen LogP contribution in [0, 0.1) is 0 Å². The molecule has 0 nitrogen and oxygen atoms in total. The summed E-state index contributed by atoms with van der Waals surface area (Å²) in [5.41, 5.74) is 0. The van der Waals surface area contributed by atoms with Gasteiger partial charge in [0.05, 0.1) is 0 Å². The first-order valence-corrected chi connectivity index (χ1v) is 6.40. The molecular formula is C6H18P2. The predicted octanol–water partition coefficient (Wildman–Crippen LogP) is 2.19. The molecule has 52 valence electrons. The van der Waals surface area contributed by atoms with E-state index in [0.717, 1.165) is 5.40 Å². The molecule has 1 atom stereocenters. The van der Waals surface area contributed by atoms with Crippen LogP contribution in [0.15, 0.2) is 0 Å². The quantitative estimate of drug-likeness (QED) is 0.544. The van der Waals surface area contributed by atoms with Crippen molar-refractivity contribution < 1.29 is 0 Å². The van der Waals surface area contributed by atoms with E-state index in [1.807, 2.05) is 0 Å². The topological polar surface area (TPSA) is 0 Å². The maximum absolute atomic E-state index is 2.39. The molecule has 0 aliphatic carbocycles. The first-order valence-electron chi connectivity index (χ1n) is 3.46. The first-order chi connectivity index (χ1) is 3.72. The first kappa shape index (κ1) is 8.86. The molecular weight excluding hydrogens is 134 g/mol. The van der Waals surface area contributed by atoms with Crippen molar-refractivity contribution in [3.8, 4) is 0 Å². The van der Waals surface area contributed by atoms with Crippen LogP contribution in [-0.2, 0) is 0 Å². The van der Waals surface area contributed by atoms with Gasteiger partial charge in [0.2, 0.25) is 0 Å². The molecule has 0 aromatic carbocycles. The summed E-state index contributed by atoms with van der Waals surface area (Å²) in [6, 6.07) is 0. The van der Waals surface area contributed by atoms with Crippen LogP contribution in [0.4, 0.5) is 0 Å². The Bertz CT molecular complexity index is 48.5. The van der Waals surface area contributed by atoms with Gasteiger partial charge >= 0.3 is 55.7 Å². The van der Waals surface area contributed by atoms with Crippen molar-refractivity contribution in [1.29, 1.82) is 0 Å². The second-order valence-electron chi connectivity index (χ2n) is 2.31. The van der Waals surface area contributed by atoms with Crippen LogP contribution in [0.25, 0.3) is 0 Å². The molecule has 0 fully saturated rings. The van der Waals surface area contributed by atoms with Gasteiger partial charge in [-0.3, -0.25) is 0 Å². The second kappa shape index (κ2) is 4.71. The van der Waals surface area contributed by atoms with E-state index in [-0.39, 0.29) is 0 Å². The zero-order valence-electron chi connectivity index (χ0n) is 6.44. The van der Waals surface area contributed by atoms with Crippen LogP contribution in [0.5, 0.6) is 0 Å². The van der Waals surface area contributed by atoms with E-state index in [0.29, 0.717) is 7.92 Å². The Kier molecular flexibility index (Phi) is 5.22. The minimum absolute atomic E-state index is 0.447. The molecule has 1 unspecified atom stereocenters. The Hall–Kier alpha value is 0.860. The summed E-state index contributed by atoms with van der Waals surface area (Å²) >= 11 is 0. The average molecular weight is 152 g/mol. The van der Waals surface area contributed by atoms with Crippen LogP contribution in [0.2, 0.25) is 0 Å². The van der Waals surface area contributed by atoms with Gasteiger partial charge in [-0.25, -0.2) is 0 Å². The fourth-order valence-electron chi connectivity index (χ4n) is 0.954. The van der Waals surface area contributed by atoms with E-state index in [1.54, 1.807) is 0 Å². The number of rotatable bonds is 3. The third kappa shape index (κ3) is 3.00. The van der Waals surface area contributed by atoms with Gasteiger partial charge in [-0.05, 0) is 0 Å². The van der Waals surface area contributed by atoms with E-state index < -0.39 is 0 Å². The molecule has 0 aliphatic heterocycles. The van der Waals surface area contributed by atoms with Crippen molar-refractivity contribution in [2.24, 2.45) is 0 Å². The van der Waals surface area contributed by atoms with Gasteiger partial charge in [0.25, 0.3) is 0 Å². The molecule has 0 aliphatic rings. The molecule has 8 heavy (non-hydrogen) atoms. The van der Waals surface area contributed by atoms with Crippen molar-refractivity contribution in [3.63, 3.8) is 0 Å². The Morgan fingerprint density at radius 3 is 1.75 bits per heavy atom. The maximum atomic E-state index is 2.39. The number of hydrogen-bond donors (Lipinski definition) is 0. The van der Waals surface area contributed by atoms with Gasteiger partial charge in [0.15, 0.2) is 0 Å². The fraction of sp³-hybridized carbons (Fsp3) is 1.00. The zero-order valence-corrected chi connectivity index (χ0v) is 9.33. The monoisotopic (exact) mass is 152 g/mol. The molecule has 0 aromatic heterocycles. The fourth-order valence-corrected chi connectivity index (χ4v) is 5.05. The third-order valence-electron chi connectivity index (χ3n) is 1.54. The molecule has 0 rings (SSSR count). The number of hydrogen-bond acceptors (Lipinski definition) is 0. The van der Waals surface area contributed by atoms with Gasteiger partial charge in [-0.15, -0.1) is 0 Å². The SMILES string of the molecule is CCP(CC)C(C)[PH4]. The van der Waals surface area contributed by atoms with E-state index in [4.69, 9.17) is 0 Å². The van der Waals surface area contributed by atoms with Crippen molar-refractivity contribution in [2.45, 2.75) is 26.2 Å². The normalized spacial score (nSPS) is 14.8. The summed E-state index contributed by atoms with van der Waals surface area (Å²) in [6.07, 6.45) is 2.88. The van der Waals surface area contributed by atoms with Gasteiger partial charge in [0, 0.05) is 0 Å². The van der Waals surface area contributed by atoms with Gasteiger partial charge < -0.3 is 0 Å². The summed E-state index contributed by atoms with van der Waals surface area (Å²) in [7, 11) is 1.85. The zero-order chi connectivity index (χ0) is 6.57. The van der Waals surface area contributed by atoms with Gasteiger partial charge in [-0.2, -0.15) is 0 Å². The van der Waals surface area contributed by atoms with Crippen molar-refractivity contribution >= 4 is 17.2 Å². The Labute approximate surface area is 56.4 Å². The summed E-state index contributed by atoms with van der Waals surface area (Å²) < 4.78 is 0. The van der Waals surface area contributed by atoms with E-state index in [2.05, 4.69) is 20.8 Å². The summed E-state index contributed by atoms with van der Waals surface area (Å²) in [4.78, 5) is 0. The van der Waals surface area contributed by atoms with Gasteiger partial charge in [-0.1, -0.05) is 0 Å². The second-order valence-corrected chi connectivity index (χ2v) is 8.49. The molecule has 0 amide bonds. The average Bonchev–Trinajstić information content (AvgIpc) is 1.69. The molecule has 0 aromatic rings. The molecule has 0 radical (unpaired) electrons. The van der Waals surface area contributed by atoms with E-state index in [1.165, 1.54) is 21.6 Å². The summed E-state index contributed by atoms with van der Waals surface area (Å²) in [5.74, 6) is 0. The molecule has 0 saturated carbocycles. The third-order valence-corrected chi connectivity index (χ3v) is 6.82. The summed E-state index contributed by atoms with van der Waals surface area (Å²) in [5, 5.41) is 1.08. The predicted molar refractivity (Wildman–Crippen MR) is 50.0 cm³/mol. The van der Waals surface area contributed by atoms with Crippen molar-refractivity contribution in [2.75, 3.05) is 12.3 Å². The Morgan fingerprint density at radius 1 is 1.38 bits per heavy atom. The van der Waals surface area contributed by atoms with Crippen LogP contribution in [-0.4, -0.2) is 17.7 Å². The van der Waals surface area contributed by atoms with Crippen LogP contribution >= 0.6 is 17.2 Å². The molecule has 0 saturated heterocycles. The Morgan fingerprint density at radius 2 is 1.75 bits per heavy atom. The molecule has 0 spiro atoms.